The molecule has 14 nitrogen and oxygen atoms in total. The number of nitrogens with zero attached hydrogens (tertiary/aromatic N) is 1. The van der Waals surface area contributed by atoms with E-state index in [1.807, 2.05) is 24.3 Å². The molecular formula is C54H62MgN4O10. The van der Waals surface area contributed by atoms with E-state index in [4.69, 9.17) is 0 Å². The Bertz CT molecular complexity index is 2380. The Hall–Kier alpha value is -5.45. The maximum atomic E-state index is 12.6. The van der Waals surface area contributed by atoms with Crippen molar-refractivity contribution in [1.29, 1.82) is 0 Å². The summed E-state index contributed by atoms with van der Waals surface area (Å²) in [6.07, 6.45) is 32.0. The molecule has 4 aliphatic carbocycles. The van der Waals surface area contributed by atoms with Gasteiger partial charge in [0.1, 0.15) is 0 Å². The van der Waals surface area contributed by atoms with E-state index in [-0.39, 0.29) is 84.9 Å². The van der Waals surface area contributed by atoms with Crippen LogP contribution < -0.4 is 26.2 Å². The van der Waals surface area contributed by atoms with Crippen molar-refractivity contribution >= 4 is 58.1 Å². The van der Waals surface area contributed by atoms with Crippen molar-refractivity contribution in [3.8, 4) is 0 Å². The van der Waals surface area contributed by atoms with Crippen molar-refractivity contribution in [1.82, 2.24) is 16.0 Å². The second-order valence-electron chi connectivity index (χ2n) is 18.8. The third kappa shape index (κ3) is 12.7. The standard InChI is InChI=1S/2C27H32N2O5.Mg/c2*1-16-11-12-19-18-8-3-2-4-10-23(32)28-14-13-22(31)25-26(33)24(27(34)29-25)21(30)9-6-5-7-17(18)15-20(16)19;/h2-5,7,10-12,17-20,22,27,31,33-34H,1,6,8-9,13-15H2,(H,28,32);2-5,7,10-12,17-20,22,25,31,33H,1,6,8-9,13-15H2,(H,28,32)(H,29,34);/q;;+2/p-2/b2*3-2-,7-5+,10-4+;/t17-,18+,19-,20-,22?,27?;17-,18+,19-,20-,22?,25?;/m11./s1. The fourth-order valence-electron chi connectivity index (χ4n) is 10.9. The summed E-state index contributed by atoms with van der Waals surface area (Å²) in [7, 11) is 0. The van der Waals surface area contributed by atoms with Crippen molar-refractivity contribution < 1.29 is 49.5 Å². The van der Waals surface area contributed by atoms with E-state index in [0.717, 1.165) is 36.8 Å². The van der Waals surface area contributed by atoms with E-state index in [9.17, 15) is 49.5 Å². The van der Waals surface area contributed by atoms with Crippen molar-refractivity contribution in [3.05, 3.63) is 144 Å². The average Bonchev–Trinajstić information content (AvgIpc) is 4.14. The average molecular weight is 951 g/mol. The molecule has 0 radical (unpaired) electrons. The van der Waals surface area contributed by atoms with Crippen molar-refractivity contribution in [2.45, 2.75) is 88.7 Å². The van der Waals surface area contributed by atoms with Crippen LogP contribution in [0.25, 0.3) is 0 Å². The molecule has 3 amide bonds. The minimum absolute atomic E-state index is 0. The number of rotatable bonds is 0. The van der Waals surface area contributed by atoms with E-state index in [1.165, 1.54) is 12.2 Å². The minimum Gasteiger partial charge on any atom is -0.873 e. The number of aliphatic hydroxyl groups excluding tert-OH is 3. The van der Waals surface area contributed by atoms with E-state index >= 15 is 0 Å². The molecule has 0 aromatic rings. The third-order valence-electron chi connectivity index (χ3n) is 14.5. The largest absolute Gasteiger partial charge is 2.00 e. The van der Waals surface area contributed by atoms with Crippen LogP contribution in [0.15, 0.2) is 149 Å². The van der Waals surface area contributed by atoms with Gasteiger partial charge in [0.2, 0.25) is 11.8 Å². The topological polar surface area (TPSA) is 241 Å². The van der Waals surface area contributed by atoms with Crippen LogP contribution in [0, 0.1) is 47.3 Å². The normalized spacial score (nSPS) is 37.0. The van der Waals surface area contributed by atoms with Gasteiger partial charge in [-0.25, -0.2) is 0 Å². The number of hydrogen-bond acceptors (Lipinski definition) is 11. The van der Waals surface area contributed by atoms with Gasteiger partial charge in [-0.1, -0.05) is 121 Å². The SMILES string of the molecule is C=C1C=C[C@@H]2[C@H]3C/C=C\C=C\C(=O)NCCC(O)C4=NC(O)C(=C4[O-])C(=O)CC/C=C/[C@@H]3C[C@H]12.C=C1C=C[C@@H]2[C@H]3C/C=C\C=C\C(=O)NCCC(O)C4NC(=O)C(=C4[O-])C(=O)CC/C=C/[C@@H]3C[C@H]12.[Mg+2]. The molecule has 0 saturated heterocycles. The summed E-state index contributed by atoms with van der Waals surface area (Å²) >= 11 is 0. The summed E-state index contributed by atoms with van der Waals surface area (Å²) in [5, 5.41) is 63.8. The van der Waals surface area contributed by atoms with Crippen LogP contribution in [0.1, 0.15) is 64.2 Å². The van der Waals surface area contributed by atoms with Gasteiger partial charge >= 0.3 is 23.1 Å². The first-order chi connectivity index (χ1) is 32.7. The van der Waals surface area contributed by atoms with Crippen molar-refractivity contribution in [2.24, 2.45) is 52.3 Å². The van der Waals surface area contributed by atoms with E-state index in [0.29, 0.717) is 60.2 Å². The molecule has 2 saturated carbocycles. The second-order valence-corrected chi connectivity index (χ2v) is 18.8. The molecule has 4 unspecified atom stereocenters. The third-order valence-corrected chi connectivity index (χ3v) is 14.5. The van der Waals surface area contributed by atoms with E-state index < -0.39 is 59.0 Å². The number of carbonyl (C=O) groups is 5. The molecule has 0 aromatic carbocycles. The zero-order chi connectivity index (χ0) is 48.5. The molecule has 4 bridgehead atoms. The molecule has 0 aromatic heterocycles. The predicted octanol–water partition coefficient (Wildman–Crippen LogP) is 2.66. The van der Waals surface area contributed by atoms with Crippen LogP contribution in [0.2, 0.25) is 0 Å². The summed E-state index contributed by atoms with van der Waals surface area (Å²) < 4.78 is 0. The molecule has 4 heterocycles. The fraction of sp³-hybridized carbons (Fsp3) is 0.444. The number of nitrogens with one attached hydrogen (secondary N) is 3. The summed E-state index contributed by atoms with van der Waals surface area (Å²) in [5.41, 5.74) is 1.41. The van der Waals surface area contributed by atoms with Gasteiger partial charge in [0.25, 0.3) is 5.91 Å². The molecular weight excluding hydrogens is 889 g/mol. The van der Waals surface area contributed by atoms with Gasteiger partial charge in [0.15, 0.2) is 17.8 Å². The van der Waals surface area contributed by atoms with Gasteiger partial charge < -0.3 is 41.5 Å². The summed E-state index contributed by atoms with van der Waals surface area (Å²) in [4.78, 5) is 65.4. The van der Waals surface area contributed by atoms with E-state index in [2.05, 4.69) is 82.7 Å². The molecule has 69 heavy (non-hydrogen) atoms. The number of Topliss-reactive ketones (excluding diaryl/α,β-unsaturated/α-hetero) is 2. The Balaban J connectivity index is 0.000000224. The van der Waals surface area contributed by atoms with Crippen LogP contribution in [0.4, 0.5) is 0 Å². The van der Waals surface area contributed by atoms with Crippen molar-refractivity contribution in [3.63, 3.8) is 0 Å². The number of aliphatic hydroxyl groups is 3. The van der Waals surface area contributed by atoms with Crippen LogP contribution in [0.3, 0.4) is 0 Å². The first-order valence-corrected chi connectivity index (χ1v) is 23.8. The van der Waals surface area contributed by atoms with Crippen LogP contribution in [-0.4, -0.2) is 111 Å². The zero-order valence-electron chi connectivity index (χ0n) is 38.9. The Labute approximate surface area is 419 Å². The number of amides is 3. The van der Waals surface area contributed by atoms with Gasteiger partial charge in [-0.2, -0.15) is 0 Å². The molecule has 2 fully saturated rings. The van der Waals surface area contributed by atoms with Gasteiger partial charge in [-0.3, -0.25) is 29.0 Å². The molecule has 360 valence electrons. The van der Waals surface area contributed by atoms with Gasteiger partial charge in [0.05, 0.1) is 29.5 Å². The van der Waals surface area contributed by atoms with Crippen molar-refractivity contribution in [2.75, 3.05) is 13.1 Å². The van der Waals surface area contributed by atoms with Gasteiger partial charge in [-0.05, 0) is 98.7 Å². The monoisotopic (exact) mass is 950 g/mol. The fourth-order valence-corrected chi connectivity index (χ4v) is 10.9. The summed E-state index contributed by atoms with van der Waals surface area (Å²) in [6.45, 7) is 8.63. The van der Waals surface area contributed by atoms with E-state index in [1.54, 1.807) is 12.2 Å². The molecule has 8 aliphatic rings. The Morgan fingerprint density at radius 3 is 1.72 bits per heavy atom. The molecule has 4 aliphatic heterocycles. The van der Waals surface area contributed by atoms with Gasteiger partial charge in [0, 0.05) is 43.7 Å². The molecule has 8 rings (SSSR count). The first-order valence-electron chi connectivity index (χ1n) is 23.8. The number of hydrogen-bond donors (Lipinski definition) is 6. The minimum atomic E-state index is -1.55. The number of fused-ring (bicyclic) bond motifs is 8. The Kier molecular flexibility index (Phi) is 18.7. The van der Waals surface area contributed by atoms with Crippen LogP contribution >= 0.6 is 0 Å². The first kappa shape index (κ1) is 52.9. The maximum Gasteiger partial charge on any atom is 2.00 e. The number of carbonyl (C=O) groups excluding carboxylic acids is 5. The molecule has 15 heteroatoms. The number of aliphatic imine (C=N–C) groups is 1. The molecule has 6 N–H and O–H groups in total. The maximum absolute atomic E-state index is 12.6. The predicted molar refractivity (Wildman–Crippen MR) is 259 cm³/mol. The summed E-state index contributed by atoms with van der Waals surface area (Å²) in [6, 6.07) is -1.16. The number of ketones is 2. The smallest absolute Gasteiger partial charge is 0.873 e. The van der Waals surface area contributed by atoms with Crippen LogP contribution in [0.5, 0.6) is 0 Å². The Morgan fingerprint density at radius 2 is 1.17 bits per heavy atom. The summed E-state index contributed by atoms with van der Waals surface area (Å²) in [5.74, 6) is -0.523. The molecule has 0 spiro atoms. The quantitative estimate of drug-likeness (QED) is 0.118. The second kappa shape index (κ2) is 24.4. The van der Waals surface area contributed by atoms with Gasteiger partial charge in [-0.15, -0.1) is 0 Å². The number of allylic oxidation sites excluding steroid dienone is 16. The Morgan fingerprint density at radius 1 is 0.652 bits per heavy atom. The molecule has 12 atom stereocenters. The van der Waals surface area contributed by atoms with Crippen LogP contribution in [-0.2, 0) is 24.0 Å². The zero-order valence-corrected chi connectivity index (χ0v) is 40.3.